The van der Waals surface area contributed by atoms with E-state index >= 15 is 0 Å². The maximum Gasteiger partial charge on any atom is 0.168 e. The topological polar surface area (TPSA) is 66.1 Å². The van der Waals surface area contributed by atoms with Crippen molar-refractivity contribution in [3.8, 4) is 17.0 Å². The second kappa shape index (κ2) is 10.1. The molecule has 0 saturated carbocycles. The van der Waals surface area contributed by atoms with Crippen LogP contribution in [0, 0.1) is 0 Å². The highest BCUT2D eigenvalue weighted by Crippen LogP contribution is 2.46. The summed E-state index contributed by atoms with van der Waals surface area (Å²) in [4.78, 5) is 29.4. The third kappa shape index (κ3) is 4.08. The molecule has 6 heteroatoms. The smallest absolute Gasteiger partial charge is 0.168 e. The number of methoxy groups -OCH3 is 1. The molecule has 0 atom stereocenters. The molecule has 0 radical (unpaired) electrons. The quantitative estimate of drug-likeness (QED) is 0.181. The Hall–Kier alpha value is -3.93. The normalized spacial score (nSPS) is 12.9. The zero-order chi connectivity index (χ0) is 27.1. The largest absolute Gasteiger partial charge is 0.497 e. The van der Waals surface area contributed by atoms with E-state index in [1.54, 1.807) is 20.4 Å². The van der Waals surface area contributed by atoms with Crippen molar-refractivity contribution in [1.82, 2.24) is 14.1 Å². The number of imidazole rings is 1. The Bertz CT molecular complexity index is 1580. The first-order valence-electron chi connectivity index (χ1n) is 13.4. The van der Waals surface area contributed by atoms with Crippen LogP contribution in [0.25, 0.3) is 33.8 Å². The number of allylic oxidation sites excluding steroid dienone is 1. The first kappa shape index (κ1) is 25.7. The molecule has 2 aromatic carbocycles. The van der Waals surface area contributed by atoms with Crippen LogP contribution in [0.15, 0.2) is 42.7 Å². The molecular weight excluding hydrogens is 474 g/mol. The third-order valence-electron chi connectivity index (χ3n) is 7.88. The van der Waals surface area contributed by atoms with Crippen LogP contribution < -0.4 is 4.74 Å². The van der Waals surface area contributed by atoms with Gasteiger partial charge in [0.1, 0.15) is 11.4 Å². The highest BCUT2D eigenvalue weighted by Gasteiger charge is 2.29. The number of aldehydes is 1. The predicted molar refractivity (Wildman–Crippen MR) is 153 cm³/mol. The Kier molecular flexibility index (Phi) is 6.82. The minimum absolute atomic E-state index is 0.0416. The number of aromatic nitrogens is 3. The van der Waals surface area contributed by atoms with Gasteiger partial charge in [0.15, 0.2) is 12.1 Å². The van der Waals surface area contributed by atoms with Crippen LogP contribution in [0.2, 0.25) is 0 Å². The lowest BCUT2D eigenvalue weighted by molar-refractivity contribution is 0.101. The van der Waals surface area contributed by atoms with E-state index in [0.717, 1.165) is 52.8 Å². The number of ketones is 1. The lowest BCUT2D eigenvalue weighted by Crippen LogP contribution is -2.07. The molecule has 1 aliphatic rings. The lowest BCUT2D eigenvalue weighted by Gasteiger charge is -2.18. The first-order chi connectivity index (χ1) is 18.3. The van der Waals surface area contributed by atoms with Crippen LogP contribution in [0.3, 0.4) is 0 Å². The van der Waals surface area contributed by atoms with E-state index in [9.17, 15) is 9.59 Å². The van der Waals surface area contributed by atoms with Gasteiger partial charge in [-0.2, -0.15) is 0 Å². The second-order valence-corrected chi connectivity index (χ2v) is 10.4. The average molecular weight is 510 g/mol. The van der Waals surface area contributed by atoms with Crippen LogP contribution in [0.4, 0.5) is 0 Å². The number of nitrogens with zero attached hydrogens (tertiary/aromatic N) is 3. The molecule has 2 aromatic heterocycles. The van der Waals surface area contributed by atoms with Gasteiger partial charge in [0.2, 0.25) is 0 Å². The van der Waals surface area contributed by atoms with Gasteiger partial charge < -0.3 is 13.9 Å². The third-order valence-corrected chi connectivity index (χ3v) is 7.88. The molecule has 0 spiro atoms. The summed E-state index contributed by atoms with van der Waals surface area (Å²) in [7, 11) is 1.67. The molecular formula is C32H35N3O3. The summed E-state index contributed by atoms with van der Waals surface area (Å²) >= 11 is 0. The van der Waals surface area contributed by atoms with Crippen LogP contribution in [-0.2, 0) is 6.54 Å². The summed E-state index contributed by atoms with van der Waals surface area (Å²) in [5.41, 5.74) is 8.52. The average Bonchev–Trinajstić information content (AvgIpc) is 3.43. The first-order valence-corrected chi connectivity index (χ1v) is 13.4. The van der Waals surface area contributed by atoms with E-state index in [-0.39, 0.29) is 11.8 Å². The van der Waals surface area contributed by atoms with Gasteiger partial charge in [0.05, 0.1) is 31.4 Å². The van der Waals surface area contributed by atoms with Crippen LogP contribution in [0.1, 0.15) is 97.1 Å². The van der Waals surface area contributed by atoms with Crippen molar-refractivity contribution in [3.05, 3.63) is 70.8 Å². The van der Waals surface area contributed by atoms with Gasteiger partial charge in [0, 0.05) is 33.6 Å². The number of Topliss-reactive ketones (excluding diaryl/α,β-unsaturated/α-hetero) is 1. The standard InChI is InChI=1S/C32H35N3O3/c1-7-21(8-2)30-27-11-9-22(20(5)37)15-28(27)34-16-24(31-29(17-36)35(18-33-31)19(3)4)13-23-14-25(38-6)10-12-26(23)32(30)34/h9-15,17-19,21H,7-8,16H2,1-6H3. The Morgan fingerprint density at radius 3 is 2.53 bits per heavy atom. The Balaban J connectivity index is 1.89. The molecule has 3 heterocycles. The van der Waals surface area contributed by atoms with Gasteiger partial charge in [-0.05, 0) is 81.0 Å². The van der Waals surface area contributed by atoms with E-state index in [1.807, 2.05) is 36.6 Å². The van der Waals surface area contributed by atoms with Gasteiger partial charge in [-0.3, -0.25) is 9.59 Å². The summed E-state index contributed by atoms with van der Waals surface area (Å²) in [6.07, 6.45) is 6.81. The molecule has 1 aliphatic heterocycles. The molecule has 0 saturated heterocycles. The summed E-state index contributed by atoms with van der Waals surface area (Å²) < 4.78 is 9.84. The summed E-state index contributed by atoms with van der Waals surface area (Å²) in [5.74, 6) is 1.18. The number of carbonyl (C=O) groups excluding carboxylic acids is 2. The van der Waals surface area contributed by atoms with Crippen molar-refractivity contribution in [2.45, 2.75) is 66.0 Å². The number of carbonyl (C=O) groups is 2. The number of hydrogen-bond acceptors (Lipinski definition) is 4. The van der Waals surface area contributed by atoms with Crippen LogP contribution in [-0.4, -0.2) is 33.3 Å². The molecule has 0 fully saturated rings. The molecule has 0 amide bonds. The molecule has 0 bridgehead atoms. The molecule has 5 rings (SSSR count). The zero-order valence-corrected chi connectivity index (χ0v) is 23.0. The van der Waals surface area contributed by atoms with Crippen molar-refractivity contribution in [3.63, 3.8) is 0 Å². The van der Waals surface area contributed by atoms with Crippen molar-refractivity contribution in [1.29, 1.82) is 0 Å². The molecule has 6 nitrogen and oxygen atoms in total. The number of fused-ring (bicyclic) bond motifs is 5. The van der Waals surface area contributed by atoms with Crippen molar-refractivity contribution < 1.29 is 14.3 Å². The highest BCUT2D eigenvalue weighted by atomic mass is 16.5. The summed E-state index contributed by atoms with van der Waals surface area (Å²) in [6.45, 7) is 10.7. The van der Waals surface area contributed by atoms with E-state index in [4.69, 9.17) is 9.72 Å². The zero-order valence-electron chi connectivity index (χ0n) is 23.0. The van der Waals surface area contributed by atoms with Gasteiger partial charge in [0.25, 0.3) is 0 Å². The number of benzene rings is 2. The monoisotopic (exact) mass is 509 g/mol. The summed E-state index contributed by atoms with van der Waals surface area (Å²) in [6, 6.07) is 12.4. The predicted octanol–water partition coefficient (Wildman–Crippen LogP) is 7.57. The van der Waals surface area contributed by atoms with E-state index in [2.05, 4.69) is 42.7 Å². The van der Waals surface area contributed by atoms with Crippen molar-refractivity contribution >= 4 is 34.6 Å². The molecule has 38 heavy (non-hydrogen) atoms. The van der Waals surface area contributed by atoms with E-state index < -0.39 is 0 Å². The molecule has 196 valence electrons. The van der Waals surface area contributed by atoms with E-state index in [0.29, 0.717) is 29.4 Å². The fourth-order valence-electron chi connectivity index (χ4n) is 5.86. The number of ether oxygens (including phenoxy) is 1. The SMILES string of the molecule is CCC(CC)c1c2n(c3cc(C(C)=O)ccc13)CC(c1ncn(C(C)C)c1C=O)=Cc1cc(OC)ccc1-2. The maximum absolute atomic E-state index is 12.4. The van der Waals surface area contributed by atoms with Crippen LogP contribution in [0.5, 0.6) is 5.75 Å². The lowest BCUT2D eigenvalue weighted by atomic mass is 9.88. The fraction of sp³-hybridized carbons (Fsp3) is 0.344. The molecule has 0 aliphatic carbocycles. The Morgan fingerprint density at radius 2 is 1.89 bits per heavy atom. The molecule has 0 N–H and O–H groups in total. The van der Waals surface area contributed by atoms with E-state index in [1.165, 1.54) is 10.9 Å². The van der Waals surface area contributed by atoms with Gasteiger partial charge >= 0.3 is 0 Å². The Morgan fingerprint density at radius 1 is 1.13 bits per heavy atom. The molecule has 4 aromatic rings. The molecule has 0 unspecified atom stereocenters. The number of hydrogen-bond donors (Lipinski definition) is 0. The van der Waals surface area contributed by atoms with Crippen molar-refractivity contribution in [2.24, 2.45) is 0 Å². The number of rotatable bonds is 8. The van der Waals surface area contributed by atoms with Gasteiger partial charge in [-0.1, -0.05) is 26.0 Å². The van der Waals surface area contributed by atoms with Gasteiger partial charge in [-0.15, -0.1) is 0 Å². The van der Waals surface area contributed by atoms with Crippen LogP contribution >= 0.6 is 0 Å². The second-order valence-electron chi connectivity index (χ2n) is 10.4. The minimum atomic E-state index is 0.0416. The Labute approximate surface area is 224 Å². The minimum Gasteiger partial charge on any atom is -0.497 e. The van der Waals surface area contributed by atoms with Gasteiger partial charge in [-0.25, -0.2) is 4.98 Å². The van der Waals surface area contributed by atoms with Crippen molar-refractivity contribution in [2.75, 3.05) is 7.11 Å². The summed E-state index contributed by atoms with van der Waals surface area (Å²) in [5, 5.41) is 1.17. The maximum atomic E-state index is 12.4. The fourth-order valence-corrected chi connectivity index (χ4v) is 5.86. The highest BCUT2D eigenvalue weighted by molar-refractivity contribution is 6.03.